The average Bonchev–Trinajstić information content (AvgIpc) is 3.00. The SMILES string of the molecule is O=C(Nc1ccc(Cl)cc1F)N1CC[C@H](CN2CCOCC2)C1. The van der Waals surface area contributed by atoms with Gasteiger partial charge in [0.2, 0.25) is 0 Å². The highest BCUT2D eigenvalue weighted by Gasteiger charge is 2.28. The number of carbonyl (C=O) groups excluding carboxylic acids is 1. The number of halogens is 2. The third-order valence-electron chi connectivity index (χ3n) is 4.37. The van der Waals surface area contributed by atoms with Crippen molar-refractivity contribution in [1.29, 1.82) is 0 Å². The van der Waals surface area contributed by atoms with Crippen molar-refractivity contribution in [2.75, 3.05) is 51.3 Å². The Kier molecular flexibility index (Phi) is 5.35. The van der Waals surface area contributed by atoms with E-state index in [1.54, 1.807) is 11.0 Å². The van der Waals surface area contributed by atoms with Crippen LogP contribution in [-0.4, -0.2) is 61.8 Å². The molecule has 0 spiro atoms. The lowest BCUT2D eigenvalue weighted by Crippen LogP contribution is -2.40. The van der Waals surface area contributed by atoms with E-state index in [1.807, 2.05) is 0 Å². The van der Waals surface area contributed by atoms with Crippen LogP contribution in [0.2, 0.25) is 5.02 Å². The summed E-state index contributed by atoms with van der Waals surface area (Å²) in [5, 5.41) is 2.94. The number of nitrogens with one attached hydrogen (secondary N) is 1. The van der Waals surface area contributed by atoms with Gasteiger partial charge in [0.05, 0.1) is 18.9 Å². The summed E-state index contributed by atoms with van der Waals surface area (Å²) in [5.41, 5.74) is 0.163. The molecule has 1 aromatic rings. The zero-order valence-corrected chi connectivity index (χ0v) is 13.7. The second kappa shape index (κ2) is 7.47. The van der Waals surface area contributed by atoms with Crippen molar-refractivity contribution in [3.8, 4) is 0 Å². The van der Waals surface area contributed by atoms with E-state index in [0.717, 1.165) is 39.3 Å². The van der Waals surface area contributed by atoms with Gasteiger partial charge in [-0.3, -0.25) is 4.90 Å². The number of morpholine rings is 1. The molecule has 0 unspecified atom stereocenters. The first-order valence-corrected chi connectivity index (χ1v) is 8.30. The number of ether oxygens (including phenoxy) is 1. The predicted molar refractivity (Wildman–Crippen MR) is 87.4 cm³/mol. The fraction of sp³-hybridized carbons (Fsp3) is 0.562. The summed E-state index contributed by atoms with van der Waals surface area (Å²) < 4.78 is 19.1. The molecule has 3 rings (SSSR count). The topological polar surface area (TPSA) is 44.8 Å². The van der Waals surface area contributed by atoms with Gasteiger partial charge in [-0.05, 0) is 30.5 Å². The standard InChI is InChI=1S/C16H21ClFN3O2/c17-13-1-2-15(14(18)9-13)19-16(22)21-4-3-12(11-21)10-20-5-7-23-8-6-20/h1-2,9,12H,3-8,10-11H2,(H,19,22)/t12-/m1/s1. The van der Waals surface area contributed by atoms with Crippen LogP contribution in [0.4, 0.5) is 14.9 Å². The summed E-state index contributed by atoms with van der Waals surface area (Å²) in [7, 11) is 0. The highest BCUT2D eigenvalue weighted by Crippen LogP contribution is 2.22. The molecule has 2 aliphatic heterocycles. The normalized spacial score (nSPS) is 22.3. The van der Waals surface area contributed by atoms with Crippen LogP contribution in [-0.2, 0) is 4.74 Å². The van der Waals surface area contributed by atoms with E-state index in [1.165, 1.54) is 12.1 Å². The predicted octanol–water partition coefficient (Wildman–Crippen LogP) is 2.67. The minimum absolute atomic E-state index is 0.163. The summed E-state index contributed by atoms with van der Waals surface area (Å²) in [6.07, 6.45) is 0.980. The lowest BCUT2D eigenvalue weighted by molar-refractivity contribution is 0.0314. The number of rotatable bonds is 3. The van der Waals surface area contributed by atoms with E-state index in [2.05, 4.69) is 10.2 Å². The fourth-order valence-corrected chi connectivity index (χ4v) is 3.26. The number of nitrogens with zero attached hydrogens (tertiary/aromatic N) is 2. The third-order valence-corrected chi connectivity index (χ3v) is 4.60. The number of urea groups is 1. The van der Waals surface area contributed by atoms with E-state index in [-0.39, 0.29) is 11.7 Å². The molecule has 1 atom stereocenters. The zero-order valence-electron chi connectivity index (χ0n) is 12.9. The van der Waals surface area contributed by atoms with Crippen LogP contribution in [0.1, 0.15) is 6.42 Å². The van der Waals surface area contributed by atoms with Gasteiger partial charge in [0.1, 0.15) is 5.82 Å². The van der Waals surface area contributed by atoms with Gasteiger partial charge in [-0.25, -0.2) is 9.18 Å². The number of hydrogen-bond donors (Lipinski definition) is 1. The lowest BCUT2D eigenvalue weighted by atomic mass is 10.1. The molecule has 5 nitrogen and oxygen atoms in total. The van der Waals surface area contributed by atoms with E-state index in [0.29, 0.717) is 24.0 Å². The molecule has 126 valence electrons. The number of anilines is 1. The Hall–Kier alpha value is -1.37. The minimum atomic E-state index is -0.519. The van der Waals surface area contributed by atoms with Crippen LogP contribution in [0, 0.1) is 11.7 Å². The quantitative estimate of drug-likeness (QED) is 0.919. The van der Waals surface area contributed by atoms with Crippen molar-refractivity contribution in [2.45, 2.75) is 6.42 Å². The second-order valence-corrected chi connectivity index (χ2v) is 6.50. The monoisotopic (exact) mass is 341 g/mol. The maximum absolute atomic E-state index is 13.7. The van der Waals surface area contributed by atoms with Gasteiger partial charge < -0.3 is 15.0 Å². The molecule has 2 heterocycles. The Balaban J connectivity index is 1.50. The summed E-state index contributed by atoms with van der Waals surface area (Å²) >= 11 is 5.72. The average molecular weight is 342 g/mol. The summed E-state index contributed by atoms with van der Waals surface area (Å²) in [4.78, 5) is 16.4. The first-order chi connectivity index (χ1) is 11.1. The number of hydrogen-bond acceptors (Lipinski definition) is 3. The van der Waals surface area contributed by atoms with Crippen LogP contribution in [0.3, 0.4) is 0 Å². The number of likely N-dealkylation sites (tertiary alicyclic amines) is 1. The van der Waals surface area contributed by atoms with Gasteiger partial charge in [0.25, 0.3) is 0 Å². The highest BCUT2D eigenvalue weighted by atomic mass is 35.5. The molecule has 0 aliphatic carbocycles. The first kappa shape index (κ1) is 16.5. The van der Waals surface area contributed by atoms with Gasteiger partial charge in [0, 0.05) is 37.7 Å². The second-order valence-electron chi connectivity index (χ2n) is 6.07. The first-order valence-electron chi connectivity index (χ1n) is 7.93. The van der Waals surface area contributed by atoms with E-state index in [4.69, 9.17) is 16.3 Å². The molecule has 0 radical (unpaired) electrons. The number of benzene rings is 1. The Morgan fingerprint density at radius 1 is 1.35 bits per heavy atom. The van der Waals surface area contributed by atoms with E-state index < -0.39 is 5.82 Å². The van der Waals surface area contributed by atoms with Gasteiger partial charge >= 0.3 is 6.03 Å². The largest absolute Gasteiger partial charge is 0.379 e. The van der Waals surface area contributed by atoms with Crippen molar-refractivity contribution < 1.29 is 13.9 Å². The smallest absolute Gasteiger partial charge is 0.321 e. The summed E-state index contributed by atoms with van der Waals surface area (Å²) in [6, 6.07) is 3.99. The van der Waals surface area contributed by atoms with Crippen molar-refractivity contribution >= 4 is 23.3 Å². The van der Waals surface area contributed by atoms with Gasteiger partial charge in [-0.2, -0.15) is 0 Å². The van der Waals surface area contributed by atoms with Gasteiger partial charge in [-0.15, -0.1) is 0 Å². The van der Waals surface area contributed by atoms with Crippen molar-refractivity contribution in [2.24, 2.45) is 5.92 Å². The molecule has 1 aromatic carbocycles. The van der Waals surface area contributed by atoms with Gasteiger partial charge in [-0.1, -0.05) is 11.6 Å². The minimum Gasteiger partial charge on any atom is -0.379 e. The van der Waals surface area contributed by atoms with Crippen molar-refractivity contribution in [3.05, 3.63) is 29.0 Å². The summed E-state index contributed by atoms with van der Waals surface area (Å²) in [5.74, 6) is -0.0520. The fourth-order valence-electron chi connectivity index (χ4n) is 3.10. The Labute approximate surface area is 140 Å². The molecule has 23 heavy (non-hydrogen) atoms. The zero-order chi connectivity index (χ0) is 16.2. The molecule has 0 saturated carbocycles. The van der Waals surface area contributed by atoms with Gasteiger partial charge in [0.15, 0.2) is 0 Å². The Bertz CT molecular complexity index is 566. The number of amides is 2. The summed E-state index contributed by atoms with van der Waals surface area (Å²) in [6.45, 7) is 5.88. The van der Waals surface area contributed by atoms with Crippen molar-refractivity contribution in [3.63, 3.8) is 0 Å². The lowest BCUT2D eigenvalue weighted by Gasteiger charge is -2.29. The van der Waals surface area contributed by atoms with Crippen LogP contribution in [0.25, 0.3) is 0 Å². The van der Waals surface area contributed by atoms with Crippen molar-refractivity contribution in [1.82, 2.24) is 9.80 Å². The molecular weight excluding hydrogens is 321 g/mol. The molecular formula is C16H21ClFN3O2. The molecule has 2 fully saturated rings. The van der Waals surface area contributed by atoms with Crippen LogP contribution >= 0.6 is 11.6 Å². The molecule has 2 aliphatic rings. The van der Waals surface area contributed by atoms with E-state index >= 15 is 0 Å². The molecule has 2 saturated heterocycles. The molecule has 7 heteroatoms. The molecule has 2 amide bonds. The van der Waals surface area contributed by atoms with Crippen LogP contribution < -0.4 is 5.32 Å². The molecule has 0 aromatic heterocycles. The maximum atomic E-state index is 13.7. The number of carbonyl (C=O) groups is 1. The van der Waals surface area contributed by atoms with Crippen LogP contribution in [0.15, 0.2) is 18.2 Å². The Morgan fingerprint density at radius 2 is 2.13 bits per heavy atom. The maximum Gasteiger partial charge on any atom is 0.321 e. The molecule has 1 N–H and O–H groups in total. The third kappa shape index (κ3) is 4.34. The molecule has 0 bridgehead atoms. The van der Waals surface area contributed by atoms with Crippen LogP contribution in [0.5, 0.6) is 0 Å². The Morgan fingerprint density at radius 3 is 2.87 bits per heavy atom. The van der Waals surface area contributed by atoms with E-state index in [9.17, 15) is 9.18 Å². The highest BCUT2D eigenvalue weighted by molar-refractivity contribution is 6.30.